The highest BCUT2D eigenvalue weighted by atomic mass is 16.3. The molecule has 0 aliphatic carbocycles. The molecule has 2 unspecified atom stereocenters. The number of benzene rings is 1. The van der Waals surface area contributed by atoms with Crippen molar-refractivity contribution in [3.05, 3.63) is 29.8 Å². The Morgan fingerprint density at radius 1 is 1.24 bits per heavy atom. The van der Waals surface area contributed by atoms with Crippen LogP contribution in [0.3, 0.4) is 0 Å². The van der Waals surface area contributed by atoms with Gasteiger partial charge in [0.15, 0.2) is 0 Å². The van der Waals surface area contributed by atoms with E-state index in [0.717, 1.165) is 12.1 Å². The summed E-state index contributed by atoms with van der Waals surface area (Å²) in [6, 6.07) is 7.72. The molecule has 2 nitrogen and oxygen atoms in total. The largest absolute Gasteiger partial charge is 0.508 e. The average molecular weight is 235 g/mol. The van der Waals surface area contributed by atoms with Gasteiger partial charge in [0, 0.05) is 6.04 Å². The molecule has 17 heavy (non-hydrogen) atoms. The van der Waals surface area contributed by atoms with Crippen molar-refractivity contribution in [1.82, 2.24) is 5.32 Å². The predicted molar refractivity (Wildman–Crippen MR) is 73.1 cm³/mol. The maximum atomic E-state index is 9.44. The smallest absolute Gasteiger partial charge is 0.115 e. The van der Waals surface area contributed by atoms with Crippen LogP contribution in [0.2, 0.25) is 0 Å². The molecule has 96 valence electrons. The summed E-state index contributed by atoms with van der Waals surface area (Å²) < 4.78 is 0. The molecular weight excluding hydrogens is 210 g/mol. The van der Waals surface area contributed by atoms with E-state index in [4.69, 9.17) is 0 Å². The van der Waals surface area contributed by atoms with E-state index in [1.165, 1.54) is 0 Å². The summed E-state index contributed by atoms with van der Waals surface area (Å²) >= 11 is 0. The molecule has 1 aromatic rings. The fourth-order valence-electron chi connectivity index (χ4n) is 1.57. The minimum Gasteiger partial charge on any atom is -0.508 e. The van der Waals surface area contributed by atoms with Gasteiger partial charge in [-0.15, -0.1) is 0 Å². The van der Waals surface area contributed by atoms with Gasteiger partial charge in [0.05, 0.1) is 0 Å². The lowest BCUT2D eigenvalue weighted by molar-refractivity contribution is 0.247. The van der Waals surface area contributed by atoms with Gasteiger partial charge in [-0.1, -0.05) is 39.8 Å². The van der Waals surface area contributed by atoms with Gasteiger partial charge in [-0.05, 0) is 42.5 Å². The normalized spacial score (nSPS) is 15.6. The first kappa shape index (κ1) is 14.0. The van der Waals surface area contributed by atoms with Crippen LogP contribution in [0.25, 0.3) is 0 Å². The Hall–Kier alpha value is -1.02. The van der Waals surface area contributed by atoms with Gasteiger partial charge in [-0.25, -0.2) is 0 Å². The SMILES string of the molecule is CC(NCC(C)C(C)(C)C)c1cccc(O)c1. The Morgan fingerprint density at radius 2 is 1.88 bits per heavy atom. The molecule has 2 N–H and O–H groups in total. The number of aromatic hydroxyl groups is 1. The molecule has 0 aromatic heterocycles. The zero-order chi connectivity index (χ0) is 13.1. The molecule has 0 bridgehead atoms. The molecule has 2 heteroatoms. The van der Waals surface area contributed by atoms with Crippen LogP contribution in [0.15, 0.2) is 24.3 Å². The number of phenolic OH excluding ortho intramolecular Hbond substituents is 1. The van der Waals surface area contributed by atoms with E-state index >= 15 is 0 Å². The van der Waals surface area contributed by atoms with Crippen molar-refractivity contribution in [3.63, 3.8) is 0 Å². The third-order valence-electron chi connectivity index (χ3n) is 3.58. The lowest BCUT2D eigenvalue weighted by atomic mass is 9.82. The number of rotatable bonds is 4. The highest BCUT2D eigenvalue weighted by molar-refractivity contribution is 5.28. The Kier molecular flexibility index (Phi) is 4.58. The second-order valence-corrected chi connectivity index (χ2v) is 5.99. The molecule has 0 fully saturated rings. The zero-order valence-corrected chi connectivity index (χ0v) is 11.6. The van der Waals surface area contributed by atoms with Crippen LogP contribution in [0.4, 0.5) is 0 Å². The summed E-state index contributed by atoms with van der Waals surface area (Å²) in [6.45, 7) is 12.2. The van der Waals surface area contributed by atoms with Crippen molar-refractivity contribution in [2.75, 3.05) is 6.54 Å². The molecule has 1 rings (SSSR count). The number of hydrogen-bond donors (Lipinski definition) is 2. The van der Waals surface area contributed by atoms with Crippen LogP contribution in [0, 0.1) is 11.3 Å². The highest BCUT2D eigenvalue weighted by Crippen LogP contribution is 2.25. The molecule has 0 amide bonds. The van der Waals surface area contributed by atoms with E-state index in [2.05, 4.69) is 39.9 Å². The van der Waals surface area contributed by atoms with Gasteiger partial charge in [0.1, 0.15) is 5.75 Å². The Labute approximate surface area is 105 Å². The second kappa shape index (κ2) is 5.54. The molecule has 0 spiro atoms. The van der Waals surface area contributed by atoms with Crippen molar-refractivity contribution < 1.29 is 5.11 Å². The first-order valence-corrected chi connectivity index (χ1v) is 6.33. The molecule has 2 atom stereocenters. The minimum absolute atomic E-state index is 0.270. The first-order chi connectivity index (χ1) is 7.80. The van der Waals surface area contributed by atoms with E-state index in [1.54, 1.807) is 6.07 Å². The lowest BCUT2D eigenvalue weighted by Gasteiger charge is -2.29. The van der Waals surface area contributed by atoms with Gasteiger partial charge in [0.25, 0.3) is 0 Å². The number of phenols is 1. The van der Waals surface area contributed by atoms with Gasteiger partial charge in [0.2, 0.25) is 0 Å². The molecule has 1 aromatic carbocycles. The summed E-state index contributed by atoms with van der Waals surface area (Å²) in [5, 5.41) is 13.0. The molecule has 0 heterocycles. The van der Waals surface area contributed by atoms with Gasteiger partial charge in [-0.3, -0.25) is 0 Å². The van der Waals surface area contributed by atoms with Crippen molar-refractivity contribution in [2.24, 2.45) is 11.3 Å². The summed E-state index contributed by atoms with van der Waals surface area (Å²) in [6.07, 6.45) is 0. The monoisotopic (exact) mass is 235 g/mol. The van der Waals surface area contributed by atoms with Crippen LogP contribution in [-0.2, 0) is 0 Å². The molecule has 0 saturated heterocycles. The minimum atomic E-state index is 0.270. The summed E-state index contributed by atoms with van der Waals surface area (Å²) in [5.74, 6) is 0.947. The average Bonchev–Trinajstić information content (AvgIpc) is 2.24. The van der Waals surface area contributed by atoms with E-state index in [1.807, 2.05) is 18.2 Å². The molecule has 0 saturated carbocycles. The number of hydrogen-bond acceptors (Lipinski definition) is 2. The fraction of sp³-hybridized carbons (Fsp3) is 0.600. The van der Waals surface area contributed by atoms with Crippen LogP contribution in [0.5, 0.6) is 5.75 Å². The van der Waals surface area contributed by atoms with E-state index in [9.17, 15) is 5.11 Å². The maximum Gasteiger partial charge on any atom is 0.115 e. The zero-order valence-electron chi connectivity index (χ0n) is 11.6. The van der Waals surface area contributed by atoms with Crippen molar-refractivity contribution in [2.45, 2.75) is 40.7 Å². The predicted octanol–water partition coefficient (Wildman–Crippen LogP) is 3.73. The van der Waals surface area contributed by atoms with Crippen LogP contribution in [0.1, 0.15) is 46.2 Å². The van der Waals surface area contributed by atoms with Gasteiger partial charge >= 0.3 is 0 Å². The topological polar surface area (TPSA) is 32.3 Å². The fourth-order valence-corrected chi connectivity index (χ4v) is 1.57. The second-order valence-electron chi connectivity index (χ2n) is 5.99. The van der Waals surface area contributed by atoms with Crippen molar-refractivity contribution in [1.29, 1.82) is 0 Å². The third-order valence-corrected chi connectivity index (χ3v) is 3.58. The standard InChI is InChI=1S/C15H25NO/c1-11(15(3,4)5)10-16-12(2)13-7-6-8-14(17)9-13/h6-9,11-12,16-17H,10H2,1-5H3. The summed E-state index contributed by atoms with van der Waals surface area (Å²) in [5.41, 5.74) is 1.46. The first-order valence-electron chi connectivity index (χ1n) is 6.33. The van der Waals surface area contributed by atoms with Crippen molar-refractivity contribution in [3.8, 4) is 5.75 Å². The molecule has 0 aliphatic heterocycles. The summed E-state index contributed by atoms with van der Waals surface area (Å²) in [4.78, 5) is 0. The van der Waals surface area contributed by atoms with E-state index in [-0.39, 0.29) is 6.04 Å². The third kappa shape index (κ3) is 4.39. The molecule has 0 aliphatic rings. The lowest BCUT2D eigenvalue weighted by Crippen LogP contribution is -2.31. The Balaban J connectivity index is 2.53. The maximum absolute atomic E-state index is 9.44. The Bertz CT molecular complexity index is 354. The van der Waals surface area contributed by atoms with Gasteiger partial charge in [-0.2, -0.15) is 0 Å². The molecule has 0 radical (unpaired) electrons. The van der Waals surface area contributed by atoms with E-state index < -0.39 is 0 Å². The van der Waals surface area contributed by atoms with Crippen LogP contribution >= 0.6 is 0 Å². The van der Waals surface area contributed by atoms with E-state index in [0.29, 0.717) is 17.1 Å². The van der Waals surface area contributed by atoms with Crippen LogP contribution in [-0.4, -0.2) is 11.7 Å². The van der Waals surface area contributed by atoms with Crippen molar-refractivity contribution >= 4 is 0 Å². The summed E-state index contributed by atoms with van der Waals surface area (Å²) in [7, 11) is 0. The number of nitrogens with one attached hydrogen (secondary N) is 1. The highest BCUT2D eigenvalue weighted by Gasteiger charge is 2.20. The Morgan fingerprint density at radius 3 is 2.41 bits per heavy atom. The van der Waals surface area contributed by atoms with Crippen LogP contribution < -0.4 is 5.32 Å². The quantitative estimate of drug-likeness (QED) is 0.833. The molecular formula is C15H25NO. The van der Waals surface area contributed by atoms with Gasteiger partial charge < -0.3 is 10.4 Å².